The molecule has 0 aromatic heterocycles. The van der Waals surface area contributed by atoms with Crippen molar-refractivity contribution in [2.45, 2.75) is 18.9 Å². The van der Waals surface area contributed by atoms with Gasteiger partial charge in [-0.05, 0) is 17.7 Å². The number of carbonyl (C=O) groups is 2. The van der Waals surface area contributed by atoms with Gasteiger partial charge in [-0.2, -0.15) is 26.3 Å². The summed E-state index contributed by atoms with van der Waals surface area (Å²) >= 11 is 0. The molecule has 0 aliphatic carbocycles. The number of methoxy groups -OCH3 is 1. The van der Waals surface area contributed by atoms with E-state index < -0.39 is 24.3 Å². The van der Waals surface area contributed by atoms with Gasteiger partial charge in [0.25, 0.3) is 0 Å². The molecule has 0 unspecified atom stereocenters. The lowest BCUT2D eigenvalue weighted by Crippen LogP contribution is -2.47. The van der Waals surface area contributed by atoms with Gasteiger partial charge in [0, 0.05) is 50.6 Å². The molecule has 2 atom stereocenters. The number of aliphatic carboxylic acids is 2. The van der Waals surface area contributed by atoms with E-state index in [9.17, 15) is 26.3 Å². The Balaban J connectivity index is 0.000000301. The lowest BCUT2D eigenvalue weighted by molar-refractivity contribution is -0.193. The van der Waals surface area contributed by atoms with E-state index in [1.54, 1.807) is 7.11 Å². The summed E-state index contributed by atoms with van der Waals surface area (Å²) in [6.07, 6.45) is -10.2. The molecule has 0 radical (unpaired) electrons. The van der Waals surface area contributed by atoms with Crippen molar-refractivity contribution in [3.8, 4) is 5.75 Å². The summed E-state index contributed by atoms with van der Waals surface area (Å²) in [6, 6.07) is 8.44. The number of hydrogen-bond acceptors (Lipinski definition) is 7. The van der Waals surface area contributed by atoms with Gasteiger partial charge in [-0.1, -0.05) is 12.1 Å². The Morgan fingerprint density at radius 2 is 1.61 bits per heavy atom. The number of hydrogen-bond donors (Lipinski definition) is 2. The molecule has 3 saturated heterocycles. The molecule has 0 bridgehead atoms. The highest BCUT2D eigenvalue weighted by Crippen LogP contribution is 2.42. The molecule has 3 heterocycles. The summed E-state index contributed by atoms with van der Waals surface area (Å²) in [5.74, 6) is -3.91. The first kappa shape index (κ1) is 31.6. The minimum absolute atomic E-state index is 0.302. The molecule has 1 aromatic carbocycles. The van der Waals surface area contributed by atoms with E-state index in [2.05, 4.69) is 28.0 Å². The lowest BCUT2D eigenvalue weighted by atomic mass is 9.80. The van der Waals surface area contributed by atoms with E-state index in [0.29, 0.717) is 11.3 Å². The normalized spacial score (nSPS) is 23.9. The average Bonchev–Trinajstić information content (AvgIpc) is 3.35. The zero-order valence-electron chi connectivity index (χ0n) is 20.6. The van der Waals surface area contributed by atoms with Crippen LogP contribution in [0.4, 0.5) is 26.3 Å². The van der Waals surface area contributed by atoms with Crippen LogP contribution in [-0.2, 0) is 25.6 Å². The molecular formula is C23H30F6N2O7. The first-order valence-corrected chi connectivity index (χ1v) is 11.5. The minimum Gasteiger partial charge on any atom is -0.497 e. The van der Waals surface area contributed by atoms with Crippen LogP contribution in [0.15, 0.2) is 24.3 Å². The SMILES string of the molecule is COc1cccc(CN2C[C@@H]3COC[C@]3(CN3CCOCC3)C2)c1.O=C(O)C(F)(F)F.O=C(O)C(F)(F)F. The highest BCUT2D eigenvalue weighted by Gasteiger charge is 2.51. The zero-order chi connectivity index (χ0) is 28.6. The second-order valence-corrected chi connectivity index (χ2v) is 9.09. The largest absolute Gasteiger partial charge is 0.497 e. The number of morpholine rings is 1. The van der Waals surface area contributed by atoms with Gasteiger partial charge in [0.15, 0.2) is 0 Å². The number of likely N-dealkylation sites (tertiary alicyclic amines) is 1. The first-order chi connectivity index (χ1) is 17.7. The maximum Gasteiger partial charge on any atom is 0.490 e. The third-order valence-electron chi connectivity index (χ3n) is 6.26. The summed E-state index contributed by atoms with van der Waals surface area (Å²) in [5, 5.41) is 14.2. The fourth-order valence-corrected chi connectivity index (χ4v) is 4.52. The molecule has 4 rings (SSSR count). The Morgan fingerprint density at radius 3 is 2.13 bits per heavy atom. The molecule has 0 saturated carbocycles. The van der Waals surface area contributed by atoms with E-state index in [4.69, 9.17) is 34.0 Å². The molecule has 216 valence electrons. The van der Waals surface area contributed by atoms with Crippen LogP contribution in [0.2, 0.25) is 0 Å². The van der Waals surface area contributed by atoms with Gasteiger partial charge in [0.05, 0.1) is 33.5 Å². The fraction of sp³-hybridized carbons (Fsp3) is 0.652. The smallest absolute Gasteiger partial charge is 0.490 e. The molecular weight excluding hydrogens is 530 g/mol. The summed E-state index contributed by atoms with van der Waals surface area (Å²) in [4.78, 5) is 23.0. The van der Waals surface area contributed by atoms with E-state index in [-0.39, 0.29) is 0 Å². The van der Waals surface area contributed by atoms with E-state index in [1.165, 1.54) is 5.56 Å². The number of nitrogens with zero attached hydrogens (tertiary/aromatic N) is 2. The monoisotopic (exact) mass is 560 g/mol. The summed E-state index contributed by atoms with van der Waals surface area (Å²) in [7, 11) is 1.73. The predicted octanol–water partition coefficient (Wildman–Crippen LogP) is 2.74. The van der Waals surface area contributed by atoms with Gasteiger partial charge in [-0.15, -0.1) is 0 Å². The van der Waals surface area contributed by atoms with Crippen LogP contribution < -0.4 is 4.74 Å². The third kappa shape index (κ3) is 9.60. The molecule has 2 N–H and O–H groups in total. The standard InChI is InChI=1S/C19H28N2O3.2C2HF3O2/c1-22-18-4-2-3-16(9-18)10-21-11-17-12-24-15-19(17,14-21)13-20-5-7-23-8-6-20;2*3-2(4,5)1(6)7/h2-4,9,17H,5-8,10-15H2,1H3;2*(H,6,7)/t17-,19+;;/m1../s1. The van der Waals surface area contributed by atoms with Gasteiger partial charge >= 0.3 is 24.3 Å². The Morgan fingerprint density at radius 1 is 1.03 bits per heavy atom. The zero-order valence-corrected chi connectivity index (χ0v) is 20.6. The quantitative estimate of drug-likeness (QED) is 0.526. The lowest BCUT2D eigenvalue weighted by Gasteiger charge is -2.36. The van der Waals surface area contributed by atoms with Gasteiger partial charge in [-0.3, -0.25) is 9.80 Å². The number of fused-ring (bicyclic) bond motifs is 1. The average molecular weight is 560 g/mol. The Hall–Kier alpha value is -2.62. The highest BCUT2D eigenvalue weighted by atomic mass is 19.4. The van der Waals surface area contributed by atoms with Crippen LogP contribution >= 0.6 is 0 Å². The fourth-order valence-electron chi connectivity index (χ4n) is 4.52. The summed E-state index contributed by atoms with van der Waals surface area (Å²) < 4.78 is 80.2. The molecule has 3 fully saturated rings. The van der Waals surface area contributed by atoms with Crippen molar-refractivity contribution in [1.29, 1.82) is 0 Å². The van der Waals surface area contributed by atoms with Crippen LogP contribution in [0.25, 0.3) is 0 Å². The number of alkyl halides is 6. The number of benzene rings is 1. The maximum absolute atomic E-state index is 10.6. The molecule has 38 heavy (non-hydrogen) atoms. The second-order valence-electron chi connectivity index (χ2n) is 9.09. The van der Waals surface area contributed by atoms with Gasteiger partial charge in [-0.25, -0.2) is 9.59 Å². The van der Waals surface area contributed by atoms with Gasteiger partial charge in [0.1, 0.15) is 5.75 Å². The van der Waals surface area contributed by atoms with Crippen molar-refractivity contribution in [1.82, 2.24) is 9.80 Å². The molecule has 0 spiro atoms. The molecule has 15 heteroatoms. The van der Waals surface area contributed by atoms with Crippen LogP contribution in [-0.4, -0.2) is 111 Å². The molecule has 3 aliphatic heterocycles. The molecule has 9 nitrogen and oxygen atoms in total. The second kappa shape index (κ2) is 13.4. The summed E-state index contributed by atoms with van der Waals surface area (Å²) in [5.41, 5.74) is 1.63. The van der Waals surface area contributed by atoms with Crippen molar-refractivity contribution in [2.24, 2.45) is 11.3 Å². The first-order valence-electron chi connectivity index (χ1n) is 11.5. The van der Waals surface area contributed by atoms with Crippen molar-refractivity contribution < 1.29 is 60.4 Å². The van der Waals surface area contributed by atoms with E-state index >= 15 is 0 Å². The Kier molecular flexibility index (Phi) is 11.2. The number of carboxylic acids is 2. The van der Waals surface area contributed by atoms with Crippen LogP contribution in [0, 0.1) is 11.3 Å². The van der Waals surface area contributed by atoms with E-state index in [0.717, 1.165) is 71.4 Å². The number of carboxylic acid groups (broad SMARTS) is 2. The van der Waals surface area contributed by atoms with E-state index in [1.807, 2.05) is 6.07 Å². The highest BCUT2D eigenvalue weighted by molar-refractivity contribution is 5.73. The van der Waals surface area contributed by atoms with Crippen molar-refractivity contribution in [3.63, 3.8) is 0 Å². The predicted molar refractivity (Wildman–Crippen MR) is 120 cm³/mol. The number of halogens is 6. The van der Waals surface area contributed by atoms with Crippen molar-refractivity contribution in [2.75, 3.05) is 66.3 Å². The number of rotatable bonds is 5. The Labute approximate surface area is 214 Å². The maximum atomic E-state index is 10.6. The van der Waals surface area contributed by atoms with Crippen LogP contribution in [0.1, 0.15) is 5.56 Å². The van der Waals surface area contributed by atoms with Crippen LogP contribution in [0.5, 0.6) is 5.75 Å². The minimum atomic E-state index is -5.08. The van der Waals surface area contributed by atoms with Crippen molar-refractivity contribution in [3.05, 3.63) is 29.8 Å². The summed E-state index contributed by atoms with van der Waals surface area (Å²) in [6.45, 7) is 10.1. The third-order valence-corrected chi connectivity index (χ3v) is 6.26. The number of ether oxygens (including phenoxy) is 3. The molecule has 1 aromatic rings. The van der Waals surface area contributed by atoms with Crippen molar-refractivity contribution >= 4 is 11.9 Å². The molecule has 3 aliphatic rings. The van der Waals surface area contributed by atoms with Gasteiger partial charge in [0.2, 0.25) is 0 Å². The van der Waals surface area contributed by atoms with Crippen LogP contribution in [0.3, 0.4) is 0 Å². The molecule has 0 amide bonds. The topological polar surface area (TPSA) is 109 Å². The van der Waals surface area contributed by atoms with Gasteiger partial charge < -0.3 is 24.4 Å². The Bertz CT molecular complexity index is 900.